The third-order valence-corrected chi connectivity index (χ3v) is 4.44. The summed E-state index contributed by atoms with van der Waals surface area (Å²) < 4.78 is 0. The van der Waals surface area contributed by atoms with Gasteiger partial charge >= 0.3 is 0 Å². The summed E-state index contributed by atoms with van der Waals surface area (Å²) in [6.07, 6.45) is 5.48. The fourth-order valence-corrected chi connectivity index (χ4v) is 3.18. The summed E-state index contributed by atoms with van der Waals surface area (Å²) in [5.74, 6) is 1.67. The van der Waals surface area contributed by atoms with Gasteiger partial charge in [0.2, 0.25) is 5.91 Å². The van der Waals surface area contributed by atoms with Crippen LogP contribution in [0.2, 0.25) is 0 Å². The number of carbonyl (C=O) groups is 1. The second-order valence-corrected chi connectivity index (χ2v) is 5.96. The number of nitrogens with zero attached hydrogens (tertiary/aromatic N) is 2. The first-order valence-corrected chi connectivity index (χ1v) is 7.57. The highest BCUT2D eigenvalue weighted by atomic mass is 16.1. The monoisotopic (exact) mass is 282 g/mol. The molecule has 2 aromatic rings. The van der Waals surface area contributed by atoms with Gasteiger partial charge < -0.3 is 10.6 Å². The molecule has 21 heavy (non-hydrogen) atoms. The molecule has 2 atom stereocenters. The topological polar surface area (TPSA) is 66.9 Å². The molecule has 1 aliphatic carbocycles. The number of hydrogen-bond donors (Lipinski definition) is 2. The molecule has 1 aromatic carbocycles. The molecule has 1 amide bonds. The number of fused-ring (bicyclic) bond motifs is 1. The lowest BCUT2D eigenvalue weighted by molar-refractivity contribution is -0.123. The number of rotatable bonds is 3. The Morgan fingerprint density at radius 1 is 1.14 bits per heavy atom. The predicted molar refractivity (Wildman–Crippen MR) is 80.8 cm³/mol. The van der Waals surface area contributed by atoms with Gasteiger partial charge in [-0.15, -0.1) is 0 Å². The molecule has 2 aliphatic rings. The molecular weight excluding hydrogens is 264 g/mol. The van der Waals surface area contributed by atoms with E-state index in [0.717, 1.165) is 23.1 Å². The van der Waals surface area contributed by atoms with Crippen molar-refractivity contribution in [2.24, 2.45) is 5.92 Å². The quantitative estimate of drug-likeness (QED) is 0.904. The van der Waals surface area contributed by atoms with E-state index < -0.39 is 0 Å². The van der Waals surface area contributed by atoms with Crippen molar-refractivity contribution in [1.82, 2.24) is 15.3 Å². The van der Waals surface area contributed by atoms with Crippen LogP contribution >= 0.6 is 0 Å². The fraction of sp³-hybridized carbons (Fsp3) is 0.438. The van der Waals surface area contributed by atoms with E-state index in [4.69, 9.17) is 0 Å². The maximum absolute atomic E-state index is 11.7. The molecule has 1 saturated heterocycles. The van der Waals surface area contributed by atoms with E-state index in [-0.39, 0.29) is 18.0 Å². The van der Waals surface area contributed by atoms with Gasteiger partial charge in [-0.3, -0.25) is 4.79 Å². The third-order valence-electron chi connectivity index (χ3n) is 4.44. The van der Waals surface area contributed by atoms with Gasteiger partial charge in [0.25, 0.3) is 0 Å². The van der Waals surface area contributed by atoms with Crippen molar-refractivity contribution < 1.29 is 4.79 Å². The Morgan fingerprint density at radius 3 is 2.86 bits per heavy atom. The Kier molecular flexibility index (Phi) is 2.98. The van der Waals surface area contributed by atoms with E-state index in [1.54, 1.807) is 6.33 Å². The molecule has 0 unspecified atom stereocenters. The van der Waals surface area contributed by atoms with Crippen LogP contribution in [-0.2, 0) is 4.79 Å². The Bertz CT molecular complexity index is 678. The zero-order valence-corrected chi connectivity index (χ0v) is 11.7. The van der Waals surface area contributed by atoms with Crippen molar-refractivity contribution in [2.75, 3.05) is 5.32 Å². The highest BCUT2D eigenvalue weighted by Gasteiger charge is 2.40. The van der Waals surface area contributed by atoms with E-state index in [9.17, 15) is 4.79 Å². The van der Waals surface area contributed by atoms with E-state index in [1.807, 2.05) is 24.3 Å². The molecular formula is C16H18N4O. The molecule has 0 bridgehead atoms. The summed E-state index contributed by atoms with van der Waals surface area (Å²) in [5, 5.41) is 7.74. The van der Waals surface area contributed by atoms with Gasteiger partial charge in [-0.2, -0.15) is 0 Å². The normalized spacial score (nSPS) is 25.6. The molecule has 0 radical (unpaired) electrons. The van der Waals surface area contributed by atoms with Gasteiger partial charge in [0, 0.05) is 17.8 Å². The number of carbonyl (C=O) groups excluding carboxylic acids is 1. The molecule has 4 rings (SSSR count). The van der Waals surface area contributed by atoms with E-state index >= 15 is 0 Å². The summed E-state index contributed by atoms with van der Waals surface area (Å²) in [5.41, 5.74) is 0.942. The van der Waals surface area contributed by atoms with Crippen LogP contribution in [-0.4, -0.2) is 28.0 Å². The molecule has 2 fully saturated rings. The van der Waals surface area contributed by atoms with Crippen molar-refractivity contribution in [3.05, 3.63) is 30.6 Å². The number of para-hydroxylation sites is 1. The Morgan fingerprint density at radius 2 is 2.00 bits per heavy atom. The lowest BCUT2D eigenvalue weighted by Gasteiger charge is -2.33. The molecule has 5 heteroatoms. The second kappa shape index (κ2) is 4.98. The van der Waals surface area contributed by atoms with Crippen LogP contribution in [0.15, 0.2) is 30.6 Å². The number of hydrogen-bond acceptors (Lipinski definition) is 4. The van der Waals surface area contributed by atoms with E-state index in [2.05, 4.69) is 20.6 Å². The van der Waals surface area contributed by atoms with Crippen LogP contribution < -0.4 is 10.6 Å². The minimum absolute atomic E-state index is 0.178. The Balaban J connectivity index is 1.62. The first-order chi connectivity index (χ1) is 10.3. The summed E-state index contributed by atoms with van der Waals surface area (Å²) in [7, 11) is 0. The number of piperidine rings is 1. The minimum atomic E-state index is 0.178. The maximum atomic E-state index is 11.7. The average molecular weight is 282 g/mol. The molecule has 2 heterocycles. The van der Waals surface area contributed by atoms with Gasteiger partial charge in [-0.05, 0) is 37.3 Å². The minimum Gasteiger partial charge on any atom is -0.365 e. The van der Waals surface area contributed by atoms with E-state index in [1.165, 1.54) is 12.8 Å². The average Bonchev–Trinajstić information content (AvgIpc) is 3.34. The molecule has 0 spiro atoms. The van der Waals surface area contributed by atoms with Crippen molar-refractivity contribution in [2.45, 2.75) is 37.8 Å². The highest BCUT2D eigenvalue weighted by Crippen LogP contribution is 2.37. The molecule has 1 saturated carbocycles. The summed E-state index contributed by atoms with van der Waals surface area (Å²) >= 11 is 0. The fourth-order valence-electron chi connectivity index (χ4n) is 3.18. The SMILES string of the molecule is O=C1CC[C@@H](Nc2ncnc3ccccc23)[C@@H](C2CC2)N1. The number of amides is 1. The third kappa shape index (κ3) is 2.44. The van der Waals surface area contributed by atoms with Crippen LogP contribution in [0.3, 0.4) is 0 Å². The molecule has 2 N–H and O–H groups in total. The number of benzene rings is 1. The lowest BCUT2D eigenvalue weighted by atomic mass is 9.94. The van der Waals surface area contributed by atoms with Gasteiger partial charge in [0.05, 0.1) is 11.6 Å². The zero-order valence-electron chi connectivity index (χ0n) is 11.7. The first-order valence-electron chi connectivity index (χ1n) is 7.57. The number of anilines is 1. The predicted octanol–water partition coefficient (Wildman–Crippen LogP) is 2.10. The number of nitrogens with one attached hydrogen (secondary N) is 2. The van der Waals surface area contributed by atoms with Gasteiger partial charge in [-0.25, -0.2) is 9.97 Å². The standard InChI is InChI=1S/C16H18N4O/c21-14-8-7-13(15(20-14)10-5-6-10)19-16-11-3-1-2-4-12(11)17-9-18-16/h1-4,9-10,13,15H,5-8H2,(H,20,21)(H,17,18,19)/t13-,15-/m1/s1. The molecule has 5 nitrogen and oxygen atoms in total. The molecule has 1 aromatic heterocycles. The Hall–Kier alpha value is -2.17. The van der Waals surface area contributed by atoms with Crippen molar-refractivity contribution in [1.29, 1.82) is 0 Å². The maximum Gasteiger partial charge on any atom is 0.220 e. The first kappa shape index (κ1) is 12.6. The van der Waals surface area contributed by atoms with Crippen molar-refractivity contribution in [3.63, 3.8) is 0 Å². The summed E-state index contributed by atoms with van der Waals surface area (Å²) in [6, 6.07) is 8.49. The van der Waals surface area contributed by atoms with Gasteiger partial charge in [0.1, 0.15) is 12.1 Å². The summed E-state index contributed by atoms with van der Waals surface area (Å²) in [4.78, 5) is 20.3. The summed E-state index contributed by atoms with van der Waals surface area (Å²) in [6.45, 7) is 0. The molecule has 108 valence electrons. The highest BCUT2D eigenvalue weighted by molar-refractivity contribution is 5.89. The van der Waals surface area contributed by atoms with Crippen LogP contribution in [0.5, 0.6) is 0 Å². The Labute approximate surface area is 123 Å². The lowest BCUT2D eigenvalue weighted by Crippen LogP contribution is -2.52. The van der Waals surface area contributed by atoms with Crippen LogP contribution in [0.4, 0.5) is 5.82 Å². The zero-order chi connectivity index (χ0) is 14.2. The van der Waals surface area contributed by atoms with Gasteiger partial charge in [-0.1, -0.05) is 12.1 Å². The second-order valence-electron chi connectivity index (χ2n) is 5.96. The molecule has 1 aliphatic heterocycles. The van der Waals surface area contributed by atoms with Crippen LogP contribution in [0.25, 0.3) is 10.9 Å². The van der Waals surface area contributed by atoms with Crippen LogP contribution in [0, 0.1) is 5.92 Å². The van der Waals surface area contributed by atoms with Crippen molar-refractivity contribution >= 4 is 22.6 Å². The largest absolute Gasteiger partial charge is 0.365 e. The van der Waals surface area contributed by atoms with Crippen molar-refractivity contribution in [3.8, 4) is 0 Å². The number of aromatic nitrogens is 2. The van der Waals surface area contributed by atoms with E-state index in [0.29, 0.717) is 12.3 Å². The van der Waals surface area contributed by atoms with Crippen LogP contribution in [0.1, 0.15) is 25.7 Å². The van der Waals surface area contributed by atoms with Gasteiger partial charge in [0.15, 0.2) is 0 Å². The smallest absolute Gasteiger partial charge is 0.220 e.